The van der Waals surface area contributed by atoms with Crippen molar-refractivity contribution in [3.63, 3.8) is 0 Å². The molecule has 2 amide bonds. The minimum atomic E-state index is -0.249. The fourth-order valence-electron chi connectivity index (χ4n) is 5.02. The minimum Gasteiger partial charge on any atom is -0.494 e. The van der Waals surface area contributed by atoms with E-state index in [0.717, 1.165) is 47.2 Å². The molecule has 1 fully saturated rings. The Bertz CT molecular complexity index is 1840. The molecular formula is C37H42N8O3. The molecule has 1 aliphatic carbocycles. The van der Waals surface area contributed by atoms with Gasteiger partial charge in [-0.2, -0.15) is 5.26 Å². The van der Waals surface area contributed by atoms with Crippen molar-refractivity contribution in [1.82, 2.24) is 25.2 Å². The Hall–Kier alpha value is -5.76. The van der Waals surface area contributed by atoms with Gasteiger partial charge in [0.1, 0.15) is 17.3 Å². The molecule has 0 bridgehead atoms. The molecule has 4 N–H and O–H groups in total. The molecule has 1 aliphatic rings. The lowest BCUT2D eigenvalue weighted by atomic mass is 9.99. The van der Waals surface area contributed by atoms with Crippen LogP contribution in [-0.4, -0.2) is 58.2 Å². The third kappa shape index (κ3) is 9.16. The van der Waals surface area contributed by atoms with Crippen LogP contribution in [0.4, 0.5) is 5.69 Å². The van der Waals surface area contributed by atoms with E-state index in [2.05, 4.69) is 31.7 Å². The first-order valence-electron chi connectivity index (χ1n) is 15.8. The normalized spacial score (nSPS) is 13.6. The number of amides is 2. The number of pyridine rings is 1. The van der Waals surface area contributed by atoms with Gasteiger partial charge < -0.3 is 25.3 Å². The van der Waals surface area contributed by atoms with Gasteiger partial charge in [0.05, 0.1) is 30.1 Å². The molecule has 11 heteroatoms. The number of nitriles is 1. The number of likely N-dealkylation sites (N-methyl/N-ethyl adjacent to an activating group) is 1. The molecule has 2 heterocycles. The van der Waals surface area contributed by atoms with E-state index < -0.39 is 0 Å². The number of imidazole rings is 1. The van der Waals surface area contributed by atoms with E-state index in [0.29, 0.717) is 35.1 Å². The SMILES string of the molecule is CC/C=C/C=C(C#N)\C=C(/C)CN(C)C(=O)c1ccc(-c2c(C)ccc(N/C(=C/C(=N)NC(=O)C3CC3)c3ncc(C)[nH]3)c2OC)cn1. The number of methoxy groups -OCH3 is 1. The van der Waals surface area contributed by atoms with Gasteiger partial charge in [0.2, 0.25) is 5.91 Å². The van der Waals surface area contributed by atoms with Crippen molar-refractivity contribution in [3.05, 3.63) is 101 Å². The monoisotopic (exact) mass is 646 g/mol. The van der Waals surface area contributed by atoms with Gasteiger partial charge in [-0.25, -0.2) is 4.98 Å². The van der Waals surface area contributed by atoms with Crippen molar-refractivity contribution in [2.45, 2.75) is 47.0 Å². The molecule has 11 nitrogen and oxygen atoms in total. The van der Waals surface area contributed by atoms with Crippen molar-refractivity contribution in [3.8, 4) is 22.9 Å². The van der Waals surface area contributed by atoms with E-state index in [1.165, 1.54) is 6.08 Å². The number of ether oxygens (including phenoxy) is 1. The number of aromatic amines is 1. The molecule has 0 radical (unpaired) electrons. The number of hydrogen-bond donors (Lipinski definition) is 4. The summed E-state index contributed by atoms with van der Waals surface area (Å²) in [5.74, 6) is 0.535. The Morgan fingerprint density at radius 1 is 1.17 bits per heavy atom. The van der Waals surface area contributed by atoms with E-state index in [1.54, 1.807) is 49.7 Å². The standard InChI is InChI=1S/C37H42N8O3/c1-7-8-9-10-26(19-38)17-23(2)22-45(5)37(47)30-16-14-28(21-40-30)33-24(3)11-15-29(34(33)48-6)43-31(35-41-20-25(4)42-35)18-32(39)44-36(46)27-12-13-27/h8-11,14-18,20-21,27,43H,7,12-13,22H2,1-6H3,(H,41,42)(H2,39,44,46)/b9-8+,23-17+,26-10+,31-18+. The molecule has 0 spiro atoms. The topological polar surface area (TPSA) is 160 Å². The number of nitrogens with one attached hydrogen (secondary N) is 4. The van der Waals surface area contributed by atoms with E-state index in [1.807, 2.05) is 58.0 Å². The first kappa shape index (κ1) is 35.1. The van der Waals surface area contributed by atoms with Gasteiger partial charge in [-0.05, 0) is 69.9 Å². The first-order valence-corrected chi connectivity index (χ1v) is 15.8. The third-order valence-electron chi connectivity index (χ3n) is 7.58. The number of aryl methyl sites for hydroxylation is 2. The highest BCUT2D eigenvalue weighted by atomic mass is 16.5. The van der Waals surface area contributed by atoms with Crippen LogP contribution < -0.4 is 15.4 Å². The van der Waals surface area contributed by atoms with Gasteiger partial charge in [-0.3, -0.25) is 20.0 Å². The zero-order chi connectivity index (χ0) is 34.8. The number of carbonyl (C=O) groups excluding carboxylic acids is 2. The Labute approximate surface area is 281 Å². The Kier molecular flexibility index (Phi) is 11.8. The first-order chi connectivity index (χ1) is 23.0. The highest BCUT2D eigenvalue weighted by Crippen LogP contribution is 2.40. The van der Waals surface area contributed by atoms with E-state index in [-0.39, 0.29) is 29.3 Å². The molecular weight excluding hydrogens is 604 g/mol. The summed E-state index contributed by atoms with van der Waals surface area (Å²) in [4.78, 5) is 39.2. The van der Waals surface area contributed by atoms with Crippen LogP contribution >= 0.6 is 0 Å². The number of aromatic nitrogens is 3. The van der Waals surface area contributed by atoms with Crippen LogP contribution in [0.2, 0.25) is 0 Å². The summed E-state index contributed by atoms with van der Waals surface area (Å²) in [6.07, 6.45) is 14.8. The zero-order valence-corrected chi connectivity index (χ0v) is 28.3. The zero-order valence-electron chi connectivity index (χ0n) is 28.3. The molecule has 3 aromatic rings. The fraction of sp³-hybridized carbons (Fsp3) is 0.297. The van der Waals surface area contributed by atoms with E-state index >= 15 is 0 Å². The molecule has 0 atom stereocenters. The summed E-state index contributed by atoms with van der Waals surface area (Å²) < 4.78 is 5.91. The Morgan fingerprint density at radius 3 is 2.54 bits per heavy atom. The van der Waals surface area contributed by atoms with Crippen LogP contribution in [0.1, 0.15) is 60.7 Å². The number of carbonyl (C=O) groups is 2. The maximum atomic E-state index is 13.2. The molecule has 1 aromatic carbocycles. The average Bonchev–Trinajstić information content (AvgIpc) is 3.84. The fourth-order valence-corrected chi connectivity index (χ4v) is 5.02. The van der Waals surface area contributed by atoms with Crippen LogP contribution in [0.15, 0.2) is 78.2 Å². The largest absolute Gasteiger partial charge is 0.494 e. The number of allylic oxidation sites excluding steroid dienone is 5. The van der Waals surface area contributed by atoms with Crippen LogP contribution in [0.25, 0.3) is 16.8 Å². The van der Waals surface area contributed by atoms with Crippen molar-refractivity contribution >= 4 is 29.0 Å². The average molecular weight is 647 g/mol. The lowest BCUT2D eigenvalue weighted by Gasteiger charge is -2.19. The van der Waals surface area contributed by atoms with Crippen LogP contribution in [0.3, 0.4) is 0 Å². The molecule has 4 rings (SSSR count). The number of anilines is 1. The van der Waals surface area contributed by atoms with Gasteiger partial charge in [-0.1, -0.05) is 36.8 Å². The number of nitrogens with zero attached hydrogens (tertiary/aromatic N) is 4. The van der Waals surface area contributed by atoms with Crippen molar-refractivity contribution in [2.75, 3.05) is 26.0 Å². The second-order valence-corrected chi connectivity index (χ2v) is 11.8. The Balaban J connectivity index is 1.57. The van der Waals surface area contributed by atoms with E-state index in [4.69, 9.17) is 10.1 Å². The Morgan fingerprint density at radius 2 is 1.94 bits per heavy atom. The lowest BCUT2D eigenvalue weighted by molar-refractivity contribution is -0.120. The summed E-state index contributed by atoms with van der Waals surface area (Å²) >= 11 is 0. The summed E-state index contributed by atoms with van der Waals surface area (Å²) in [6.45, 7) is 8.09. The maximum absolute atomic E-state index is 13.2. The predicted octanol–water partition coefficient (Wildman–Crippen LogP) is 6.49. The molecule has 248 valence electrons. The number of benzene rings is 1. The molecule has 1 saturated carbocycles. The highest BCUT2D eigenvalue weighted by Gasteiger charge is 2.30. The number of amidine groups is 1. The van der Waals surface area contributed by atoms with Gasteiger partial charge in [-0.15, -0.1) is 0 Å². The van der Waals surface area contributed by atoms with Crippen LogP contribution in [0, 0.1) is 36.5 Å². The van der Waals surface area contributed by atoms with Crippen LogP contribution in [-0.2, 0) is 4.79 Å². The second kappa shape index (κ2) is 16.2. The maximum Gasteiger partial charge on any atom is 0.272 e. The highest BCUT2D eigenvalue weighted by molar-refractivity contribution is 6.07. The summed E-state index contributed by atoms with van der Waals surface area (Å²) in [7, 11) is 3.28. The smallest absolute Gasteiger partial charge is 0.272 e. The molecule has 0 unspecified atom stereocenters. The van der Waals surface area contributed by atoms with Gasteiger partial charge >= 0.3 is 0 Å². The molecule has 0 saturated heterocycles. The molecule has 2 aromatic heterocycles. The van der Waals surface area contributed by atoms with Crippen molar-refractivity contribution in [1.29, 1.82) is 10.7 Å². The number of H-pyrrole nitrogens is 1. The third-order valence-corrected chi connectivity index (χ3v) is 7.58. The van der Waals surface area contributed by atoms with Gasteiger partial charge in [0.25, 0.3) is 5.91 Å². The summed E-state index contributed by atoms with van der Waals surface area (Å²) in [5, 5.41) is 23.9. The van der Waals surface area contributed by atoms with Crippen molar-refractivity contribution < 1.29 is 14.3 Å². The van der Waals surface area contributed by atoms with Crippen LogP contribution in [0.5, 0.6) is 5.75 Å². The predicted molar refractivity (Wildman–Crippen MR) is 188 cm³/mol. The lowest BCUT2D eigenvalue weighted by Crippen LogP contribution is -2.30. The summed E-state index contributed by atoms with van der Waals surface area (Å²) in [6, 6.07) is 9.50. The summed E-state index contributed by atoms with van der Waals surface area (Å²) in [5.41, 5.74) is 6.03. The molecule has 48 heavy (non-hydrogen) atoms. The second-order valence-electron chi connectivity index (χ2n) is 11.8. The van der Waals surface area contributed by atoms with Gasteiger partial charge in [0.15, 0.2) is 5.82 Å². The molecule has 0 aliphatic heterocycles. The van der Waals surface area contributed by atoms with E-state index in [9.17, 15) is 14.9 Å². The number of rotatable bonds is 13. The van der Waals surface area contributed by atoms with Crippen molar-refractivity contribution in [2.24, 2.45) is 5.92 Å². The minimum absolute atomic E-state index is 0.0320. The van der Waals surface area contributed by atoms with Gasteiger partial charge in [0, 0.05) is 54.8 Å². The number of hydrogen-bond acceptors (Lipinski definition) is 8. The quantitative estimate of drug-likeness (QED) is 0.0715.